The number of fused-ring (bicyclic) bond motifs is 1. The van der Waals surface area contributed by atoms with Crippen molar-refractivity contribution in [1.29, 1.82) is 0 Å². The number of carbonyl (C=O) groups excluding carboxylic acids is 1. The SMILES string of the molecule is O=C(CSc1nnc2ccccn12)N1CCN(c2ccc([N+](=O)[O-])cc2)CC1. The average Bonchev–Trinajstić information content (AvgIpc) is 3.15. The number of amides is 1. The summed E-state index contributed by atoms with van der Waals surface area (Å²) in [5.41, 5.74) is 1.77. The zero-order valence-electron chi connectivity index (χ0n) is 15.0. The fourth-order valence-electron chi connectivity index (χ4n) is 3.13. The summed E-state index contributed by atoms with van der Waals surface area (Å²) in [6.07, 6.45) is 1.88. The molecule has 1 aliphatic heterocycles. The summed E-state index contributed by atoms with van der Waals surface area (Å²) in [5.74, 6) is 0.383. The van der Waals surface area contributed by atoms with Crippen LogP contribution in [0.5, 0.6) is 0 Å². The molecule has 2 aromatic heterocycles. The van der Waals surface area contributed by atoms with E-state index >= 15 is 0 Å². The van der Waals surface area contributed by atoms with E-state index in [0.29, 0.717) is 37.1 Å². The Hall–Kier alpha value is -3.14. The first-order valence-electron chi connectivity index (χ1n) is 8.81. The summed E-state index contributed by atoms with van der Waals surface area (Å²) in [6, 6.07) is 12.2. The summed E-state index contributed by atoms with van der Waals surface area (Å²) < 4.78 is 1.87. The second-order valence-electron chi connectivity index (χ2n) is 6.34. The molecule has 28 heavy (non-hydrogen) atoms. The van der Waals surface area contributed by atoms with Crippen LogP contribution in [0.15, 0.2) is 53.8 Å². The van der Waals surface area contributed by atoms with Gasteiger partial charge in [-0.05, 0) is 24.3 Å². The van der Waals surface area contributed by atoms with Crippen LogP contribution < -0.4 is 4.90 Å². The van der Waals surface area contributed by atoms with Gasteiger partial charge in [-0.1, -0.05) is 17.8 Å². The van der Waals surface area contributed by atoms with Crippen molar-refractivity contribution >= 4 is 34.7 Å². The largest absolute Gasteiger partial charge is 0.368 e. The molecule has 1 amide bonds. The predicted octanol–water partition coefficient (Wildman–Crippen LogP) is 2.08. The summed E-state index contributed by atoms with van der Waals surface area (Å²) in [7, 11) is 0. The van der Waals surface area contributed by atoms with E-state index in [1.54, 1.807) is 12.1 Å². The Morgan fingerprint density at radius 1 is 1.07 bits per heavy atom. The van der Waals surface area contributed by atoms with Crippen LogP contribution in [0.3, 0.4) is 0 Å². The first-order valence-corrected chi connectivity index (χ1v) is 9.80. The molecule has 0 saturated carbocycles. The fourth-order valence-corrected chi connectivity index (χ4v) is 3.96. The molecule has 3 aromatic rings. The fraction of sp³-hybridized carbons (Fsp3) is 0.278. The number of nitro benzene ring substituents is 1. The number of piperazine rings is 1. The maximum atomic E-state index is 12.5. The molecule has 4 rings (SSSR count). The van der Waals surface area contributed by atoms with E-state index in [0.717, 1.165) is 11.3 Å². The summed E-state index contributed by atoms with van der Waals surface area (Å²) in [5, 5.41) is 19.7. The summed E-state index contributed by atoms with van der Waals surface area (Å²) in [6.45, 7) is 2.64. The summed E-state index contributed by atoms with van der Waals surface area (Å²) >= 11 is 1.38. The number of anilines is 1. The number of thioether (sulfide) groups is 1. The lowest BCUT2D eigenvalue weighted by atomic mass is 10.2. The van der Waals surface area contributed by atoms with Crippen LogP contribution in [0, 0.1) is 10.1 Å². The maximum absolute atomic E-state index is 12.5. The van der Waals surface area contributed by atoms with Gasteiger partial charge in [0.1, 0.15) is 0 Å². The molecular weight excluding hydrogens is 380 g/mol. The Kier molecular flexibility index (Phi) is 5.11. The van der Waals surface area contributed by atoms with Gasteiger partial charge in [-0.25, -0.2) is 0 Å². The van der Waals surface area contributed by atoms with Gasteiger partial charge in [0, 0.05) is 50.2 Å². The van der Waals surface area contributed by atoms with Crippen molar-refractivity contribution in [3.8, 4) is 0 Å². The minimum atomic E-state index is -0.406. The third kappa shape index (κ3) is 3.77. The highest BCUT2D eigenvalue weighted by molar-refractivity contribution is 7.99. The molecule has 3 heterocycles. The zero-order valence-corrected chi connectivity index (χ0v) is 15.8. The van der Waals surface area contributed by atoms with E-state index < -0.39 is 4.92 Å². The highest BCUT2D eigenvalue weighted by Crippen LogP contribution is 2.22. The molecule has 0 unspecified atom stereocenters. The highest BCUT2D eigenvalue weighted by Gasteiger charge is 2.22. The molecular formula is C18H18N6O3S. The first kappa shape index (κ1) is 18.2. The number of hydrogen-bond acceptors (Lipinski definition) is 7. The lowest BCUT2D eigenvalue weighted by Gasteiger charge is -2.36. The van der Waals surface area contributed by atoms with Gasteiger partial charge < -0.3 is 9.80 Å². The number of nitro groups is 1. The lowest BCUT2D eigenvalue weighted by Crippen LogP contribution is -2.49. The number of carbonyl (C=O) groups is 1. The summed E-state index contributed by atoms with van der Waals surface area (Å²) in [4.78, 5) is 26.9. The van der Waals surface area contributed by atoms with Crippen LogP contribution in [0.25, 0.3) is 5.65 Å². The molecule has 1 fully saturated rings. The molecule has 1 aliphatic rings. The van der Waals surface area contributed by atoms with Gasteiger partial charge in [-0.3, -0.25) is 19.3 Å². The Labute approximate surface area is 165 Å². The second-order valence-corrected chi connectivity index (χ2v) is 7.28. The van der Waals surface area contributed by atoms with Crippen LogP contribution in [0.4, 0.5) is 11.4 Å². The minimum Gasteiger partial charge on any atom is -0.368 e. The molecule has 0 N–H and O–H groups in total. The van der Waals surface area contributed by atoms with Crippen molar-refractivity contribution in [3.63, 3.8) is 0 Å². The van der Waals surface area contributed by atoms with Gasteiger partial charge in [0.2, 0.25) is 5.91 Å². The number of rotatable bonds is 5. The van der Waals surface area contributed by atoms with Crippen LogP contribution in [0.2, 0.25) is 0 Å². The number of aromatic nitrogens is 3. The molecule has 10 heteroatoms. The number of non-ortho nitro benzene ring substituents is 1. The molecule has 9 nitrogen and oxygen atoms in total. The molecule has 0 aliphatic carbocycles. The number of hydrogen-bond donors (Lipinski definition) is 0. The lowest BCUT2D eigenvalue weighted by molar-refractivity contribution is -0.384. The van der Waals surface area contributed by atoms with Gasteiger partial charge >= 0.3 is 0 Å². The van der Waals surface area contributed by atoms with Crippen LogP contribution >= 0.6 is 11.8 Å². The second kappa shape index (κ2) is 7.85. The molecule has 0 radical (unpaired) electrons. The maximum Gasteiger partial charge on any atom is 0.269 e. The molecule has 144 valence electrons. The third-order valence-corrected chi connectivity index (χ3v) is 5.59. The van der Waals surface area contributed by atoms with Gasteiger partial charge in [0.05, 0.1) is 10.7 Å². The van der Waals surface area contributed by atoms with Crippen molar-refractivity contribution in [1.82, 2.24) is 19.5 Å². The minimum absolute atomic E-state index is 0.0704. The Morgan fingerprint density at radius 2 is 1.82 bits per heavy atom. The third-order valence-electron chi connectivity index (χ3n) is 4.67. The van der Waals surface area contributed by atoms with Crippen molar-refractivity contribution in [3.05, 3.63) is 58.8 Å². The Morgan fingerprint density at radius 3 is 2.54 bits per heavy atom. The standard InChI is InChI=1S/C18H18N6O3S/c25-17(13-28-18-20-19-16-3-1-2-8-23(16)18)22-11-9-21(10-12-22)14-4-6-15(7-5-14)24(26)27/h1-8H,9-13H2. The highest BCUT2D eigenvalue weighted by atomic mass is 32.2. The van der Waals surface area contributed by atoms with Gasteiger partial charge in [0.25, 0.3) is 5.69 Å². The normalized spacial score (nSPS) is 14.4. The van der Waals surface area contributed by atoms with Gasteiger partial charge in [-0.15, -0.1) is 10.2 Å². The molecule has 0 spiro atoms. The first-order chi connectivity index (χ1) is 13.6. The van der Waals surface area contributed by atoms with E-state index in [1.807, 2.05) is 33.7 Å². The Balaban J connectivity index is 1.30. The molecule has 1 saturated heterocycles. The van der Waals surface area contributed by atoms with Crippen LogP contribution in [0.1, 0.15) is 0 Å². The van der Waals surface area contributed by atoms with Crippen molar-refractivity contribution in [2.45, 2.75) is 5.16 Å². The number of benzene rings is 1. The number of pyridine rings is 1. The Bertz CT molecular complexity index is 998. The quantitative estimate of drug-likeness (QED) is 0.369. The van der Waals surface area contributed by atoms with Crippen LogP contribution in [-0.4, -0.2) is 62.3 Å². The predicted molar refractivity (Wildman–Crippen MR) is 106 cm³/mol. The monoisotopic (exact) mass is 398 g/mol. The number of nitrogens with zero attached hydrogens (tertiary/aromatic N) is 6. The smallest absolute Gasteiger partial charge is 0.269 e. The average molecular weight is 398 g/mol. The van der Waals surface area contributed by atoms with E-state index in [9.17, 15) is 14.9 Å². The molecule has 1 aromatic carbocycles. The van der Waals surface area contributed by atoms with E-state index in [1.165, 1.54) is 23.9 Å². The van der Waals surface area contributed by atoms with Crippen LogP contribution in [-0.2, 0) is 4.79 Å². The van der Waals surface area contributed by atoms with Crippen molar-refractivity contribution in [2.24, 2.45) is 0 Å². The van der Waals surface area contributed by atoms with E-state index in [4.69, 9.17) is 0 Å². The van der Waals surface area contributed by atoms with E-state index in [-0.39, 0.29) is 11.6 Å². The topological polar surface area (TPSA) is 96.9 Å². The van der Waals surface area contributed by atoms with Gasteiger partial charge in [-0.2, -0.15) is 0 Å². The zero-order chi connectivity index (χ0) is 19.5. The molecule has 0 bridgehead atoms. The van der Waals surface area contributed by atoms with Crippen molar-refractivity contribution < 1.29 is 9.72 Å². The molecule has 0 atom stereocenters. The van der Waals surface area contributed by atoms with Gasteiger partial charge in [0.15, 0.2) is 10.8 Å². The van der Waals surface area contributed by atoms with E-state index in [2.05, 4.69) is 15.1 Å². The van der Waals surface area contributed by atoms with Crippen molar-refractivity contribution in [2.75, 3.05) is 36.8 Å².